The average molecular weight is 396 g/mol. The van der Waals surface area contributed by atoms with E-state index in [1.54, 1.807) is 10.4 Å². The molecule has 1 aromatic heterocycles. The van der Waals surface area contributed by atoms with Gasteiger partial charge >= 0.3 is 0 Å². The molecule has 0 saturated carbocycles. The lowest BCUT2D eigenvalue weighted by molar-refractivity contribution is 0.105. The van der Waals surface area contributed by atoms with Crippen LogP contribution in [0.15, 0.2) is 14.7 Å². The highest BCUT2D eigenvalue weighted by molar-refractivity contribution is 9.11. The Balaban J connectivity index is 2.30. The van der Waals surface area contributed by atoms with Crippen molar-refractivity contribution in [2.75, 3.05) is 27.2 Å². The summed E-state index contributed by atoms with van der Waals surface area (Å²) in [6, 6.07) is 2.21. The highest BCUT2D eigenvalue weighted by Crippen LogP contribution is 2.34. The first-order valence-corrected chi connectivity index (χ1v) is 9.97. The van der Waals surface area contributed by atoms with E-state index in [1.165, 1.54) is 11.3 Å². The molecule has 2 heterocycles. The molecule has 0 bridgehead atoms. The van der Waals surface area contributed by atoms with E-state index in [4.69, 9.17) is 0 Å². The van der Waals surface area contributed by atoms with Crippen molar-refractivity contribution in [3.63, 3.8) is 0 Å². The average Bonchev–Trinajstić information content (AvgIpc) is 2.77. The Bertz CT molecular complexity index is 591. The molecule has 1 aliphatic heterocycles. The van der Waals surface area contributed by atoms with Gasteiger partial charge in [0.15, 0.2) is 0 Å². The lowest BCUT2D eigenvalue weighted by Gasteiger charge is -2.41. The van der Waals surface area contributed by atoms with Gasteiger partial charge in [-0.3, -0.25) is 4.90 Å². The number of likely N-dealkylation sites (N-methyl/N-ethyl adjacent to an activating group) is 1. The molecular formula is C13H22BrN3O2S2. The molecule has 0 aliphatic carbocycles. The number of nitrogens with zero attached hydrogens (tertiary/aromatic N) is 2. The van der Waals surface area contributed by atoms with Crippen molar-refractivity contribution >= 4 is 37.3 Å². The summed E-state index contributed by atoms with van der Waals surface area (Å²) < 4.78 is 28.1. The number of hydrogen-bond donors (Lipinski definition) is 1. The number of thiophene rings is 1. The fourth-order valence-corrected chi connectivity index (χ4v) is 6.77. The number of sulfonamides is 1. The summed E-state index contributed by atoms with van der Waals surface area (Å²) in [5.74, 6) is 0. The van der Waals surface area contributed by atoms with Crippen LogP contribution in [0.2, 0.25) is 0 Å². The van der Waals surface area contributed by atoms with Gasteiger partial charge in [-0.1, -0.05) is 0 Å². The molecule has 1 N–H and O–H groups in total. The molecule has 5 nitrogen and oxygen atoms in total. The topological polar surface area (TPSA) is 52.7 Å². The van der Waals surface area contributed by atoms with Crippen LogP contribution in [-0.2, 0) is 16.6 Å². The Labute approximate surface area is 139 Å². The van der Waals surface area contributed by atoms with Crippen LogP contribution in [0.1, 0.15) is 18.7 Å². The van der Waals surface area contributed by atoms with Crippen LogP contribution in [0.25, 0.3) is 0 Å². The maximum absolute atomic E-state index is 12.9. The van der Waals surface area contributed by atoms with Crippen LogP contribution in [0, 0.1) is 0 Å². The second kappa shape index (κ2) is 6.64. The van der Waals surface area contributed by atoms with Gasteiger partial charge in [0.2, 0.25) is 10.0 Å². The summed E-state index contributed by atoms with van der Waals surface area (Å²) in [5, 5.41) is 3.05. The fourth-order valence-electron chi connectivity index (χ4n) is 2.53. The Morgan fingerprint density at radius 1 is 1.38 bits per heavy atom. The van der Waals surface area contributed by atoms with E-state index in [2.05, 4.69) is 40.0 Å². The SMILES string of the molecule is CNCc1cc(S(=O)(=O)N2CC(C)N(C)C(C)C2)c(Br)s1. The molecule has 21 heavy (non-hydrogen) atoms. The minimum atomic E-state index is -3.44. The van der Waals surface area contributed by atoms with Crippen LogP contribution < -0.4 is 5.32 Å². The second-order valence-electron chi connectivity index (χ2n) is 5.57. The van der Waals surface area contributed by atoms with Gasteiger partial charge < -0.3 is 5.32 Å². The van der Waals surface area contributed by atoms with Crippen LogP contribution >= 0.6 is 27.3 Å². The van der Waals surface area contributed by atoms with E-state index in [0.29, 0.717) is 28.3 Å². The molecule has 0 radical (unpaired) electrons. The first kappa shape index (κ1) is 17.4. The summed E-state index contributed by atoms with van der Waals surface area (Å²) in [7, 11) is 0.462. The highest BCUT2D eigenvalue weighted by atomic mass is 79.9. The van der Waals surface area contributed by atoms with Gasteiger partial charge in [-0.25, -0.2) is 8.42 Å². The molecule has 0 aromatic carbocycles. The molecule has 8 heteroatoms. The van der Waals surface area contributed by atoms with Crippen molar-refractivity contribution in [3.05, 3.63) is 14.7 Å². The van der Waals surface area contributed by atoms with Crippen molar-refractivity contribution in [3.8, 4) is 0 Å². The zero-order valence-electron chi connectivity index (χ0n) is 12.8. The summed E-state index contributed by atoms with van der Waals surface area (Å²) >= 11 is 4.88. The van der Waals surface area contributed by atoms with Gasteiger partial charge in [-0.05, 0) is 49.9 Å². The molecule has 1 saturated heterocycles. The van der Waals surface area contributed by atoms with Crippen molar-refractivity contribution in [2.24, 2.45) is 0 Å². The normalized spacial score (nSPS) is 25.4. The first-order chi connectivity index (χ1) is 9.77. The van der Waals surface area contributed by atoms with Crippen molar-refractivity contribution in [1.82, 2.24) is 14.5 Å². The van der Waals surface area contributed by atoms with Crippen LogP contribution in [0.5, 0.6) is 0 Å². The maximum atomic E-state index is 12.9. The molecule has 2 unspecified atom stereocenters. The maximum Gasteiger partial charge on any atom is 0.245 e. The van der Waals surface area contributed by atoms with Gasteiger partial charge in [0, 0.05) is 36.6 Å². The van der Waals surface area contributed by atoms with Gasteiger partial charge in [0.1, 0.15) is 4.90 Å². The van der Waals surface area contributed by atoms with Gasteiger partial charge in [0.05, 0.1) is 3.79 Å². The standard InChI is InChI=1S/C13H22BrN3O2S2/c1-9-7-17(8-10(2)16(9)4)21(18,19)12-5-11(6-15-3)20-13(12)14/h5,9-10,15H,6-8H2,1-4H3. The molecule has 1 aliphatic rings. The molecule has 2 atom stereocenters. The fraction of sp³-hybridized carbons (Fsp3) is 0.692. The Morgan fingerprint density at radius 2 is 1.95 bits per heavy atom. The van der Waals surface area contributed by atoms with E-state index in [9.17, 15) is 8.42 Å². The summed E-state index contributed by atoms with van der Waals surface area (Å²) in [6.07, 6.45) is 0. The second-order valence-corrected chi connectivity index (χ2v) is 9.93. The van der Waals surface area contributed by atoms with Crippen molar-refractivity contribution < 1.29 is 8.42 Å². The number of piperazine rings is 1. The monoisotopic (exact) mass is 395 g/mol. The Hall–Kier alpha value is 0.01000. The zero-order valence-corrected chi connectivity index (χ0v) is 16.0. The van der Waals surface area contributed by atoms with Crippen LogP contribution in [0.4, 0.5) is 0 Å². The minimum absolute atomic E-state index is 0.220. The van der Waals surface area contributed by atoms with E-state index in [1.807, 2.05) is 14.1 Å². The quantitative estimate of drug-likeness (QED) is 0.845. The van der Waals surface area contributed by atoms with Gasteiger partial charge in [-0.15, -0.1) is 11.3 Å². The van der Waals surface area contributed by atoms with E-state index >= 15 is 0 Å². The predicted molar refractivity (Wildman–Crippen MR) is 90.2 cm³/mol. The third-order valence-electron chi connectivity index (χ3n) is 4.00. The minimum Gasteiger partial charge on any atom is -0.315 e. The first-order valence-electron chi connectivity index (χ1n) is 6.92. The predicted octanol–water partition coefficient (Wildman–Crippen LogP) is 1.94. The summed E-state index contributed by atoms with van der Waals surface area (Å²) in [6.45, 7) is 5.87. The third-order valence-corrected chi connectivity index (χ3v) is 8.09. The van der Waals surface area contributed by atoms with Crippen LogP contribution in [0.3, 0.4) is 0 Å². The summed E-state index contributed by atoms with van der Waals surface area (Å²) in [4.78, 5) is 3.63. The lowest BCUT2D eigenvalue weighted by atomic mass is 10.1. The molecule has 1 aromatic rings. The van der Waals surface area contributed by atoms with Crippen LogP contribution in [-0.4, -0.2) is 56.9 Å². The van der Waals surface area contributed by atoms with E-state index in [0.717, 1.165) is 4.88 Å². The molecule has 120 valence electrons. The lowest BCUT2D eigenvalue weighted by Crippen LogP contribution is -2.56. The smallest absolute Gasteiger partial charge is 0.245 e. The molecule has 2 rings (SSSR count). The molecular weight excluding hydrogens is 374 g/mol. The molecule has 1 fully saturated rings. The van der Waals surface area contributed by atoms with Gasteiger partial charge in [0.25, 0.3) is 0 Å². The number of rotatable bonds is 4. The number of hydrogen-bond acceptors (Lipinski definition) is 5. The largest absolute Gasteiger partial charge is 0.315 e. The highest BCUT2D eigenvalue weighted by Gasteiger charge is 2.35. The van der Waals surface area contributed by atoms with E-state index in [-0.39, 0.29) is 12.1 Å². The third kappa shape index (κ3) is 3.51. The van der Waals surface area contributed by atoms with Crippen molar-refractivity contribution in [1.29, 1.82) is 0 Å². The summed E-state index contributed by atoms with van der Waals surface area (Å²) in [5.41, 5.74) is 0. The van der Waals surface area contributed by atoms with Gasteiger partial charge in [-0.2, -0.15) is 4.31 Å². The Kier molecular flexibility index (Phi) is 5.49. The number of nitrogens with one attached hydrogen (secondary N) is 1. The Morgan fingerprint density at radius 3 is 2.48 bits per heavy atom. The molecule has 0 amide bonds. The zero-order chi connectivity index (χ0) is 15.8. The number of halogens is 1. The van der Waals surface area contributed by atoms with E-state index < -0.39 is 10.0 Å². The van der Waals surface area contributed by atoms with Crippen molar-refractivity contribution in [2.45, 2.75) is 37.4 Å². The molecule has 0 spiro atoms.